The van der Waals surface area contributed by atoms with E-state index in [0.717, 1.165) is 59.3 Å². The van der Waals surface area contributed by atoms with Gasteiger partial charge in [0.15, 0.2) is 0 Å². The summed E-state index contributed by atoms with van der Waals surface area (Å²) in [6.45, 7) is 2.39. The maximum atomic E-state index is 13.1. The van der Waals surface area contributed by atoms with Crippen LogP contribution in [0.25, 0.3) is 22.2 Å². The average Bonchev–Trinajstić information content (AvgIpc) is 3.51. The third kappa shape index (κ3) is 5.01. The molecule has 202 valence electrons. The number of nitrogens with zero attached hydrogens (tertiary/aromatic N) is 4. The second-order valence-electron chi connectivity index (χ2n) is 9.90. The van der Waals surface area contributed by atoms with Gasteiger partial charge in [-0.15, -0.1) is 13.2 Å². The molecular formula is C28H27F3N6O2. The van der Waals surface area contributed by atoms with Crippen LogP contribution in [0.5, 0.6) is 5.75 Å². The molecule has 11 heteroatoms. The Kier molecular flexibility index (Phi) is 6.38. The molecule has 39 heavy (non-hydrogen) atoms. The number of ether oxygens (including phenoxy) is 1. The maximum Gasteiger partial charge on any atom is 0.573 e. The molecule has 0 radical (unpaired) electrons. The highest BCUT2D eigenvalue weighted by atomic mass is 19.4. The highest BCUT2D eigenvalue weighted by Crippen LogP contribution is 2.39. The van der Waals surface area contributed by atoms with Crippen LogP contribution in [-0.2, 0) is 17.6 Å². The number of alkyl halides is 3. The molecule has 1 amide bonds. The second-order valence-corrected chi connectivity index (χ2v) is 9.90. The lowest BCUT2D eigenvalue weighted by molar-refractivity contribution is -0.274. The van der Waals surface area contributed by atoms with Crippen LogP contribution in [-0.4, -0.2) is 46.4 Å². The van der Waals surface area contributed by atoms with E-state index in [1.165, 1.54) is 24.5 Å². The number of nitrogen functional groups attached to an aromatic ring is 1. The standard InChI is InChI=1S/C28H27F3N6O2/c29-28(30,31)39-21-3-1-2-17(12-21)13-24(38)36-11-8-19-14-18(4-5-23(19)36)22-15-37(20-6-9-33-10-7-20)27-25(22)26(32)34-16-35-27/h1-5,12,14-16,20,33H,6-11,13H2,(H2,32,34,35). The van der Waals surface area contributed by atoms with Gasteiger partial charge < -0.3 is 25.3 Å². The highest BCUT2D eigenvalue weighted by molar-refractivity contribution is 6.02. The Morgan fingerprint density at radius 2 is 1.95 bits per heavy atom. The molecule has 4 heterocycles. The van der Waals surface area contributed by atoms with Crippen LogP contribution >= 0.6 is 0 Å². The van der Waals surface area contributed by atoms with Crippen molar-refractivity contribution in [1.82, 2.24) is 19.9 Å². The molecule has 0 atom stereocenters. The van der Waals surface area contributed by atoms with Crippen LogP contribution in [0.4, 0.5) is 24.7 Å². The van der Waals surface area contributed by atoms with E-state index >= 15 is 0 Å². The van der Waals surface area contributed by atoms with Crippen LogP contribution < -0.4 is 20.7 Å². The first-order valence-electron chi connectivity index (χ1n) is 12.9. The van der Waals surface area contributed by atoms with Crippen LogP contribution in [0, 0.1) is 0 Å². The molecule has 0 bridgehead atoms. The summed E-state index contributed by atoms with van der Waals surface area (Å²) >= 11 is 0. The van der Waals surface area contributed by atoms with Gasteiger partial charge in [-0.2, -0.15) is 0 Å². The van der Waals surface area contributed by atoms with E-state index < -0.39 is 6.36 Å². The first kappa shape index (κ1) is 25.2. The Morgan fingerprint density at radius 1 is 1.13 bits per heavy atom. The third-order valence-corrected chi connectivity index (χ3v) is 7.42. The van der Waals surface area contributed by atoms with E-state index in [1.807, 2.05) is 12.1 Å². The Morgan fingerprint density at radius 3 is 2.74 bits per heavy atom. The van der Waals surface area contributed by atoms with Crippen molar-refractivity contribution in [1.29, 1.82) is 0 Å². The van der Waals surface area contributed by atoms with Gasteiger partial charge in [0.2, 0.25) is 5.91 Å². The summed E-state index contributed by atoms with van der Waals surface area (Å²) in [6.07, 6.45) is 1.46. The van der Waals surface area contributed by atoms with Gasteiger partial charge in [0.25, 0.3) is 0 Å². The minimum absolute atomic E-state index is 0.0339. The lowest BCUT2D eigenvalue weighted by Gasteiger charge is -2.24. The molecule has 4 aromatic rings. The number of hydrogen-bond donors (Lipinski definition) is 2. The van der Waals surface area contributed by atoms with Crippen molar-refractivity contribution in [2.24, 2.45) is 0 Å². The number of amides is 1. The molecule has 2 aromatic carbocycles. The molecule has 2 aliphatic rings. The lowest BCUT2D eigenvalue weighted by Crippen LogP contribution is -2.30. The van der Waals surface area contributed by atoms with Crippen molar-refractivity contribution in [2.45, 2.75) is 38.1 Å². The van der Waals surface area contributed by atoms with E-state index in [4.69, 9.17) is 5.73 Å². The molecule has 0 spiro atoms. The number of hydrogen-bond acceptors (Lipinski definition) is 6. The van der Waals surface area contributed by atoms with Gasteiger partial charge in [0.1, 0.15) is 23.5 Å². The van der Waals surface area contributed by atoms with Gasteiger partial charge in [-0.25, -0.2) is 9.97 Å². The molecule has 6 rings (SSSR count). The predicted molar refractivity (Wildman–Crippen MR) is 141 cm³/mol. The van der Waals surface area contributed by atoms with Crippen molar-refractivity contribution >= 4 is 28.4 Å². The largest absolute Gasteiger partial charge is 0.573 e. The number of anilines is 2. The first-order valence-corrected chi connectivity index (χ1v) is 12.9. The summed E-state index contributed by atoms with van der Waals surface area (Å²) in [5, 5.41) is 4.22. The van der Waals surface area contributed by atoms with Crippen molar-refractivity contribution in [3.05, 3.63) is 66.1 Å². The SMILES string of the molecule is Nc1ncnc2c1c(-c1ccc3c(c1)CCN3C(=O)Cc1cccc(OC(F)(F)F)c1)cn2C1CCNCC1. The van der Waals surface area contributed by atoms with Crippen LogP contribution in [0.2, 0.25) is 0 Å². The van der Waals surface area contributed by atoms with Crippen LogP contribution in [0.1, 0.15) is 30.0 Å². The number of piperidine rings is 1. The predicted octanol–water partition coefficient (Wildman–Crippen LogP) is 4.64. The van der Waals surface area contributed by atoms with Gasteiger partial charge in [0, 0.05) is 30.0 Å². The van der Waals surface area contributed by atoms with E-state index in [2.05, 4.69) is 36.9 Å². The first-order chi connectivity index (χ1) is 18.8. The van der Waals surface area contributed by atoms with Gasteiger partial charge in [0.05, 0.1) is 11.8 Å². The van der Waals surface area contributed by atoms with Crippen LogP contribution in [0.15, 0.2) is 55.0 Å². The number of nitrogens with two attached hydrogens (primary N) is 1. The molecule has 1 fully saturated rings. The molecule has 0 unspecified atom stereocenters. The van der Waals surface area contributed by atoms with E-state index in [1.54, 1.807) is 11.0 Å². The number of aromatic nitrogens is 3. The van der Waals surface area contributed by atoms with Gasteiger partial charge in [-0.05, 0) is 73.3 Å². The van der Waals surface area contributed by atoms with Gasteiger partial charge >= 0.3 is 6.36 Å². The Balaban J connectivity index is 1.27. The van der Waals surface area contributed by atoms with Gasteiger partial charge in [-0.1, -0.05) is 18.2 Å². The lowest BCUT2D eigenvalue weighted by atomic mass is 10.0. The zero-order valence-corrected chi connectivity index (χ0v) is 21.0. The molecule has 1 saturated heterocycles. The van der Waals surface area contributed by atoms with Crippen molar-refractivity contribution in [2.75, 3.05) is 30.3 Å². The zero-order chi connectivity index (χ0) is 27.1. The summed E-state index contributed by atoms with van der Waals surface area (Å²) in [5.41, 5.74) is 11.3. The molecular weight excluding hydrogens is 509 g/mol. The summed E-state index contributed by atoms with van der Waals surface area (Å²) in [4.78, 5) is 23.6. The molecule has 3 N–H and O–H groups in total. The quantitative estimate of drug-likeness (QED) is 0.386. The summed E-state index contributed by atoms with van der Waals surface area (Å²) in [6, 6.07) is 11.8. The number of carbonyl (C=O) groups is 1. The number of halogens is 3. The molecule has 0 saturated carbocycles. The van der Waals surface area contributed by atoms with E-state index in [0.29, 0.717) is 30.4 Å². The summed E-state index contributed by atoms with van der Waals surface area (Å²) in [7, 11) is 0. The van der Waals surface area contributed by atoms with Crippen molar-refractivity contribution < 1.29 is 22.7 Å². The minimum Gasteiger partial charge on any atom is -0.406 e. The van der Waals surface area contributed by atoms with Gasteiger partial charge in [-0.3, -0.25) is 4.79 Å². The van der Waals surface area contributed by atoms with Crippen molar-refractivity contribution in [3.63, 3.8) is 0 Å². The van der Waals surface area contributed by atoms with Crippen LogP contribution in [0.3, 0.4) is 0 Å². The number of carbonyl (C=O) groups excluding carboxylic acids is 1. The van der Waals surface area contributed by atoms with E-state index in [9.17, 15) is 18.0 Å². The average molecular weight is 537 g/mol. The fraction of sp³-hybridized carbons (Fsp3) is 0.321. The smallest absolute Gasteiger partial charge is 0.406 e. The zero-order valence-electron chi connectivity index (χ0n) is 21.0. The minimum atomic E-state index is -4.79. The molecule has 2 aromatic heterocycles. The Hall–Kier alpha value is -4.12. The van der Waals surface area contributed by atoms with Crippen molar-refractivity contribution in [3.8, 4) is 16.9 Å². The van der Waals surface area contributed by atoms with E-state index in [-0.39, 0.29) is 18.1 Å². The molecule has 0 aliphatic carbocycles. The second kappa shape index (κ2) is 9.88. The Labute approximate surface area is 222 Å². The third-order valence-electron chi connectivity index (χ3n) is 7.42. The number of benzene rings is 2. The topological polar surface area (TPSA) is 98.3 Å². The summed E-state index contributed by atoms with van der Waals surface area (Å²) in [5.74, 6) is -0.103. The monoisotopic (exact) mass is 536 g/mol. The number of nitrogens with one attached hydrogen (secondary N) is 1. The fourth-order valence-electron chi connectivity index (χ4n) is 5.64. The summed E-state index contributed by atoms with van der Waals surface area (Å²) < 4.78 is 44.0. The molecule has 2 aliphatic heterocycles. The highest BCUT2D eigenvalue weighted by Gasteiger charge is 2.31. The fourth-order valence-corrected chi connectivity index (χ4v) is 5.64. The Bertz CT molecular complexity index is 1540. The number of rotatable bonds is 5. The normalized spacial score (nSPS) is 16.0. The molecule has 8 nitrogen and oxygen atoms in total. The number of fused-ring (bicyclic) bond motifs is 2. The maximum absolute atomic E-state index is 13.1.